The molecule has 0 atom stereocenters. The van der Waals surface area contributed by atoms with E-state index in [1.807, 2.05) is 0 Å². The molecular formula is C18H56IN3PbSi6. The molecule has 0 spiro atoms. The second kappa shape index (κ2) is 12.5. The fraction of sp³-hybridized carbons (Fsp3) is 1.00. The Kier molecular flexibility index (Phi) is 15.7. The summed E-state index contributed by atoms with van der Waals surface area (Å²) in [4.78, 5) is 0. The van der Waals surface area contributed by atoms with Gasteiger partial charge in [0.25, 0.3) is 0 Å². The predicted octanol–water partition coefficient (Wildman–Crippen LogP) is 7.33. The van der Waals surface area contributed by atoms with Crippen molar-refractivity contribution in [2.45, 2.75) is 118 Å². The Morgan fingerprint density at radius 1 is 0.414 bits per heavy atom. The zero-order chi connectivity index (χ0) is 23.6. The molecular weight excluding hydrogens is 761 g/mol. The van der Waals surface area contributed by atoms with Crippen molar-refractivity contribution < 1.29 is 0 Å². The molecule has 0 aromatic rings. The van der Waals surface area contributed by atoms with Crippen molar-refractivity contribution in [2.24, 2.45) is 0 Å². The average Bonchev–Trinajstić information content (AvgIpc) is 2.15. The summed E-state index contributed by atoms with van der Waals surface area (Å²) in [5, 5.41) is 0. The van der Waals surface area contributed by atoms with Crippen LogP contribution in [0, 0.1) is 0 Å². The van der Waals surface area contributed by atoms with Crippen LogP contribution in [0.4, 0.5) is 0 Å². The van der Waals surface area contributed by atoms with Gasteiger partial charge < -0.3 is 4.65 Å². The Bertz CT molecular complexity index is 399. The van der Waals surface area contributed by atoms with E-state index >= 15 is 0 Å². The summed E-state index contributed by atoms with van der Waals surface area (Å²) < 4.78 is 10.0. The molecule has 0 saturated heterocycles. The van der Waals surface area contributed by atoms with Crippen LogP contribution < -0.4 is 4.65 Å². The molecule has 3 nitrogen and oxygen atoms in total. The standard InChI is InChI=1S/C6H19NSi2.2C6H18NSi2.HI.Pb/c3*1-8(2,3)7-9(4,5)6;;/h7H,1-6H3;2*1-6H3;1H;/q;2*-1;;+2. The maximum Gasteiger partial charge on any atom is -0.107 e. The topological polar surface area (TPSA) is 18.5 Å². The van der Waals surface area contributed by atoms with E-state index < -0.39 is 74.2 Å². The monoisotopic (exact) mass is 817 g/mol. The third kappa shape index (κ3) is 18.9. The van der Waals surface area contributed by atoms with E-state index in [0.717, 1.165) is 0 Å². The molecule has 0 aromatic carbocycles. The summed E-state index contributed by atoms with van der Waals surface area (Å²) in [5.74, 6) is 0. The van der Waals surface area contributed by atoms with Crippen molar-refractivity contribution in [2.75, 3.05) is 0 Å². The zero-order valence-electron chi connectivity index (χ0n) is 23.3. The summed E-state index contributed by atoms with van der Waals surface area (Å²) in [6.07, 6.45) is 0. The van der Waals surface area contributed by atoms with Gasteiger partial charge in [-0.2, -0.15) is 0 Å². The van der Waals surface area contributed by atoms with Gasteiger partial charge in [0.05, 0.1) is 0 Å². The molecule has 0 saturated carbocycles. The van der Waals surface area contributed by atoms with E-state index in [4.69, 9.17) is 0 Å². The molecule has 1 N–H and O–H groups in total. The van der Waals surface area contributed by atoms with Gasteiger partial charge in [0.2, 0.25) is 0 Å². The Balaban J connectivity index is -0.000000572. The molecule has 0 heterocycles. The van der Waals surface area contributed by atoms with Gasteiger partial charge in [-0.3, -0.25) is 0 Å². The van der Waals surface area contributed by atoms with Crippen molar-refractivity contribution in [3.63, 3.8) is 0 Å². The van der Waals surface area contributed by atoms with Crippen molar-refractivity contribution in [3.8, 4) is 0 Å². The van der Waals surface area contributed by atoms with E-state index in [9.17, 15) is 0 Å². The first-order valence-corrected chi connectivity index (χ1v) is 35.1. The van der Waals surface area contributed by atoms with Gasteiger partial charge in [0.15, 0.2) is 0 Å². The van der Waals surface area contributed by atoms with Gasteiger partial charge in [0.1, 0.15) is 16.5 Å². The van der Waals surface area contributed by atoms with Gasteiger partial charge in [0, 0.05) is 0 Å². The SMILES string of the molecule is C[Si](C)(C)N[Si](C)(C)C.C[Si](C)(C)[N]([Pb][N]([Si](C)(C)C)[Si](C)(C)C)[Si](C)(C)C.I. The maximum atomic E-state index is 3.74. The fourth-order valence-electron chi connectivity index (χ4n) is 3.84. The number of halogens is 1. The average molecular weight is 817 g/mol. The molecule has 0 aliphatic carbocycles. The Morgan fingerprint density at radius 2 is 0.586 bits per heavy atom. The molecule has 0 bridgehead atoms. The normalized spacial score (nSPS) is 14.5. The molecule has 0 amide bonds. The minimum absolute atomic E-state index is 0. The second-order valence-electron chi connectivity index (χ2n) is 14.1. The molecule has 2 radical (unpaired) electrons. The molecule has 0 aromatic heterocycles. The molecule has 0 aliphatic heterocycles. The summed E-state index contributed by atoms with van der Waals surface area (Å²) >= 11 is -0.863. The van der Waals surface area contributed by atoms with Gasteiger partial charge in [-0.1, -0.05) is 39.3 Å². The molecule has 11 heteroatoms. The van der Waals surface area contributed by atoms with Gasteiger partial charge >= 0.3 is 140 Å². The maximum absolute atomic E-state index is 3.74. The van der Waals surface area contributed by atoms with E-state index in [2.05, 4.69) is 127 Å². The van der Waals surface area contributed by atoms with Crippen LogP contribution in [0.2, 0.25) is 118 Å². The first-order chi connectivity index (χ1) is 11.7. The minimum Gasteiger partial charge on any atom is -0.107 e. The van der Waals surface area contributed by atoms with Crippen LogP contribution in [-0.4, -0.2) is 78.3 Å². The number of hydrogen-bond donors (Lipinski definition) is 1. The van der Waals surface area contributed by atoms with E-state index in [-0.39, 0.29) is 24.0 Å². The van der Waals surface area contributed by atoms with Gasteiger partial charge in [-0.05, 0) is 0 Å². The molecule has 178 valence electrons. The smallest absolute Gasteiger partial charge is 0.107 e. The number of rotatable bonds is 8. The van der Waals surface area contributed by atoms with Crippen LogP contribution in [0.3, 0.4) is 0 Å². The molecule has 0 rings (SSSR count). The first-order valence-electron chi connectivity index (χ1n) is 10.8. The number of nitrogens with zero attached hydrogens (tertiary/aromatic N) is 2. The van der Waals surface area contributed by atoms with Crippen LogP contribution in [0.5, 0.6) is 0 Å². The number of hydrogen-bond acceptors (Lipinski definition) is 3. The summed E-state index contributed by atoms with van der Waals surface area (Å²) in [6.45, 7) is 44.8. The van der Waals surface area contributed by atoms with E-state index in [0.29, 0.717) is 0 Å². The third-order valence-corrected chi connectivity index (χ3v) is 59.4. The third-order valence-electron chi connectivity index (χ3n) is 3.63. The van der Waals surface area contributed by atoms with Crippen molar-refractivity contribution in [1.29, 1.82) is 0 Å². The Morgan fingerprint density at radius 3 is 0.655 bits per heavy atom. The molecule has 0 aliphatic rings. The summed E-state index contributed by atoms with van der Waals surface area (Å²) in [6, 6.07) is 0. The van der Waals surface area contributed by atoms with Crippen LogP contribution in [-0.2, 0) is 0 Å². The van der Waals surface area contributed by atoms with Gasteiger partial charge in [-0.25, -0.2) is 0 Å². The van der Waals surface area contributed by atoms with Crippen LogP contribution in [0.1, 0.15) is 0 Å². The Labute approximate surface area is 222 Å². The first kappa shape index (κ1) is 36.4. The summed E-state index contributed by atoms with van der Waals surface area (Å²) in [7, 11) is -6.59. The minimum atomic E-state index is -1.16. The largest absolute Gasteiger partial charge is 0.107 e. The van der Waals surface area contributed by atoms with E-state index in [1.54, 1.807) is 0 Å². The zero-order valence-corrected chi connectivity index (χ0v) is 35.5. The Hall–Kier alpha value is 2.83. The fourth-order valence-corrected chi connectivity index (χ4v) is 51.9. The van der Waals surface area contributed by atoms with Crippen LogP contribution in [0.15, 0.2) is 0 Å². The summed E-state index contributed by atoms with van der Waals surface area (Å²) in [5.41, 5.74) is 0. The van der Waals surface area contributed by atoms with Crippen LogP contribution >= 0.6 is 24.0 Å². The quantitative estimate of drug-likeness (QED) is 0.205. The van der Waals surface area contributed by atoms with Crippen molar-refractivity contribution in [3.05, 3.63) is 0 Å². The molecule has 0 fully saturated rings. The van der Waals surface area contributed by atoms with Gasteiger partial charge in [-0.15, -0.1) is 24.0 Å². The second-order valence-corrected chi connectivity index (χ2v) is 55.3. The van der Waals surface area contributed by atoms with E-state index in [1.165, 1.54) is 0 Å². The predicted molar refractivity (Wildman–Crippen MR) is 168 cm³/mol. The van der Waals surface area contributed by atoms with Crippen molar-refractivity contribution in [1.82, 2.24) is 8.73 Å². The molecule has 29 heavy (non-hydrogen) atoms. The van der Waals surface area contributed by atoms with Crippen LogP contribution in [0.25, 0.3) is 0 Å². The molecule has 0 unspecified atom stereocenters. The number of nitrogens with one attached hydrogen (secondary N) is 1. The van der Waals surface area contributed by atoms with Crippen molar-refractivity contribution >= 4 is 98.2 Å².